The molecule has 1 aromatic heterocycles. The molecule has 3 nitrogen and oxygen atoms in total. The van der Waals surface area contributed by atoms with Gasteiger partial charge in [-0.2, -0.15) is 11.8 Å². The number of thioether (sulfide) groups is 1. The molecule has 0 unspecified atom stereocenters. The summed E-state index contributed by atoms with van der Waals surface area (Å²) in [6, 6.07) is 1.76. The number of anilines is 1. The van der Waals surface area contributed by atoms with Gasteiger partial charge in [0.25, 0.3) is 0 Å². The quantitative estimate of drug-likeness (QED) is 0.491. The van der Waals surface area contributed by atoms with Gasteiger partial charge >= 0.3 is 0 Å². The zero-order valence-electron chi connectivity index (χ0n) is 11.2. The van der Waals surface area contributed by atoms with Crippen LogP contribution in [0.15, 0.2) is 18.7 Å². The molecule has 1 N–H and O–H groups in total. The van der Waals surface area contributed by atoms with Gasteiger partial charge in [-0.1, -0.05) is 38.4 Å². The second-order valence-corrected chi connectivity index (χ2v) is 6.48. The van der Waals surface area contributed by atoms with E-state index in [0.29, 0.717) is 5.15 Å². The Kier molecular flexibility index (Phi) is 5.96. The van der Waals surface area contributed by atoms with Crippen molar-refractivity contribution in [2.75, 3.05) is 23.4 Å². The van der Waals surface area contributed by atoms with Crippen LogP contribution in [0, 0.1) is 0 Å². The largest absolute Gasteiger partial charge is 0.369 e. The van der Waals surface area contributed by atoms with Crippen LogP contribution in [-0.4, -0.2) is 28.0 Å². The average Bonchev–Trinajstić information content (AvgIpc) is 2.27. The molecule has 0 atom stereocenters. The first-order chi connectivity index (χ1) is 8.43. The highest BCUT2D eigenvalue weighted by Crippen LogP contribution is 2.22. The van der Waals surface area contributed by atoms with E-state index in [2.05, 4.69) is 42.6 Å². The maximum Gasteiger partial charge on any atom is 0.137 e. The van der Waals surface area contributed by atoms with Crippen molar-refractivity contribution in [3.8, 4) is 0 Å². The average molecular weight is 286 g/mol. The van der Waals surface area contributed by atoms with Crippen LogP contribution in [0.2, 0.25) is 5.15 Å². The molecule has 0 spiro atoms. The molecule has 18 heavy (non-hydrogen) atoms. The SMILES string of the molecule is C=CCSCCNc1cc(Cl)nc(C(C)(C)C)n1. The van der Waals surface area contributed by atoms with E-state index in [1.54, 1.807) is 6.07 Å². The van der Waals surface area contributed by atoms with E-state index in [9.17, 15) is 0 Å². The van der Waals surface area contributed by atoms with Crippen LogP contribution in [0.3, 0.4) is 0 Å². The summed E-state index contributed by atoms with van der Waals surface area (Å²) < 4.78 is 0. The van der Waals surface area contributed by atoms with Gasteiger partial charge < -0.3 is 5.32 Å². The lowest BCUT2D eigenvalue weighted by Crippen LogP contribution is -2.17. The van der Waals surface area contributed by atoms with Crippen LogP contribution in [0.25, 0.3) is 0 Å². The Morgan fingerprint density at radius 3 is 2.78 bits per heavy atom. The molecule has 0 amide bonds. The Bertz CT molecular complexity index is 402. The lowest BCUT2D eigenvalue weighted by Gasteiger charge is -2.17. The van der Waals surface area contributed by atoms with Crippen molar-refractivity contribution < 1.29 is 0 Å². The molecular weight excluding hydrogens is 266 g/mol. The number of hydrogen-bond donors (Lipinski definition) is 1. The summed E-state index contributed by atoms with van der Waals surface area (Å²) >= 11 is 7.84. The van der Waals surface area contributed by atoms with Gasteiger partial charge in [0, 0.05) is 29.5 Å². The van der Waals surface area contributed by atoms with Gasteiger partial charge in [-0.25, -0.2) is 9.97 Å². The highest BCUT2D eigenvalue weighted by atomic mass is 35.5. The van der Waals surface area contributed by atoms with Crippen molar-refractivity contribution in [3.05, 3.63) is 29.7 Å². The third-order valence-electron chi connectivity index (χ3n) is 2.15. The maximum atomic E-state index is 6.01. The fourth-order valence-electron chi connectivity index (χ4n) is 1.26. The zero-order valence-corrected chi connectivity index (χ0v) is 12.7. The molecule has 0 aliphatic heterocycles. The fraction of sp³-hybridized carbons (Fsp3) is 0.538. The molecule has 0 saturated heterocycles. The summed E-state index contributed by atoms with van der Waals surface area (Å²) in [5, 5.41) is 3.75. The van der Waals surface area contributed by atoms with Gasteiger partial charge in [0.05, 0.1) is 0 Å². The lowest BCUT2D eigenvalue weighted by molar-refractivity contribution is 0.546. The monoisotopic (exact) mass is 285 g/mol. The lowest BCUT2D eigenvalue weighted by atomic mass is 9.96. The molecule has 0 aliphatic carbocycles. The summed E-state index contributed by atoms with van der Waals surface area (Å²) in [7, 11) is 0. The zero-order chi connectivity index (χ0) is 13.6. The van der Waals surface area contributed by atoms with E-state index in [0.717, 1.165) is 29.7 Å². The highest BCUT2D eigenvalue weighted by Gasteiger charge is 2.18. The Morgan fingerprint density at radius 1 is 1.44 bits per heavy atom. The van der Waals surface area contributed by atoms with E-state index >= 15 is 0 Å². The standard InChI is InChI=1S/C13H20ClN3S/c1-5-7-18-8-6-15-11-9-10(14)16-12(17-11)13(2,3)4/h5,9H,1,6-8H2,2-4H3,(H,15,16,17). The van der Waals surface area contributed by atoms with Gasteiger partial charge in [0.2, 0.25) is 0 Å². The van der Waals surface area contributed by atoms with Crippen LogP contribution in [0.5, 0.6) is 0 Å². The molecule has 100 valence electrons. The molecule has 0 saturated carbocycles. The number of nitrogens with zero attached hydrogens (tertiary/aromatic N) is 2. The first kappa shape index (κ1) is 15.3. The van der Waals surface area contributed by atoms with Crippen molar-refractivity contribution >= 4 is 29.2 Å². The van der Waals surface area contributed by atoms with Crippen molar-refractivity contribution in [2.24, 2.45) is 0 Å². The van der Waals surface area contributed by atoms with E-state index in [1.807, 2.05) is 17.8 Å². The second kappa shape index (κ2) is 7.00. The van der Waals surface area contributed by atoms with Crippen LogP contribution >= 0.6 is 23.4 Å². The van der Waals surface area contributed by atoms with Crippen LogP contribution in [0.4, 0.5) is 5.82 Å². The molecule has 0 aliphatic rings. The number of halogens is 1. The molecule has 1 rings (SSSR count). The highest BCUT2D eigenvalue weighted by molar-refractivity contribution is 7.99. The Morgan fingerprint density at radius 2 is 2.17 bits per heavy atom. The summed E-state index contributed by atoms with van der Waals surface area (Å²) in [6.07, 6.45) is 1.91. The molecule has 1 heterocycles. The summed E-state index contributed by atoms with van der Waals surface area (Å²) in [4.78, 5) is 8.75. The minimum Gasteiger partial charge on any atom is -0.369 e. The maximum absolute atomic E-state index is 6.01. The Labute approximate surface area is 118 Å². The second-order valence-electron chi connectivity index (χ2n) is 4.94. The van der Waals surface area contributed by atoms with Crippen LogP contribution in [0.1, 0.15) is 26.6 Å². The summed E-state index contributed by atoms with van der Waals surface area (Å²) in [5.74, 6) is 3.54. The van der Waals surface area contributed by atoms with Gasteiger partial charge in [0.1, 0.15) is 16.8 Å². The topological polar surface area (TPSA) is 37.8 Å². The number of aromatic nitrogens is 2. The van der Waals surface area contributed by atoms with E-state index in [-0.39, 0.29) is 5.41 Å². The van der Waals surface area contributed by atoms with Crippen molar-refractivity contribution in [3.63, 3.8) is 0 Å². The minimum absolute atomic E-state index is 0.0983. The Hall–Kier alpha value is -0.740. The van der Waals surface area contributed by atoms with E-state index in [1.165, 1.54) is 0 Å². The van der Waals surface area contributed by atoms with Crippen molar-refractivity contribution in [1.29, 1.82) is 0 Å². The summed E-state index contributed by atoms with van der Waals surface area (Å²) in [6.45, 7) is 10.8. The van der Waals surface area contributed by atoms with Crippen molar-refractivity contribution in [2.45, 2.75) is 26.2 Å². The molecule has 5 heteroatoms. The number of hydrogen-bond acceptors (Lipinski definition) is 4. The third-order valence-corrected chi connectivity index (χ3v) is 3.31. The normalized spacial score (nSPS) is 11.3. The molecular formula is C13H20ClN3S. The predicted octanol–water partition coefficient (Wildman–Crippen LogP) is 3.76. The first-order valence-electron chi connectivity index (χ1n) is 5.91. The van der Waals surface area contributed by atoms with Gasteiger partial charge in [-0.15, -0.1) is 6.58 Å². The van der Waals surface area contributed by atoms with Crippen LogP contribution < -0.4 is 5.32 Å². The molecule has 0 radical (unpaired) electrons. The van der Waals surface area contributed by atoms with Gasteiger partial charge in [0.15, 0.2) is 0 Å². The van der Waals surface area contributed by atoms with E-state index in [4.69, 9.17) is 11.6 Å². The third kappa shape index (κ3) is 5.27. The Balaban J connectivity index is 2.60. The smallest absolute Gasteiger partial charge is 0.137 e. The minimum atomic E-state index is -0.0983. The molecule has 0 aromatic carbocycles. The predicted molar refractivity (Wildman–Crippen MR) is 81.8 cm³/mol. The molecule has 1 aromatic rings. The first-order valence-corrected chi connectivity index (χ1v) is 7.44. The molecule has 0 fully saturated rings. The molecule has 0 bridgehead atoms. The van der Waals surface area contributed by atoms with Crippen LogP contribution in [-0.2, 0) is 5.41 Å². The van der Waals surface area contributed by atoms with E-state index < -0.39 is 0 Å². The van der Waals surface area contributed by atoms with Crippen molar-refractivity contribution in [1.82, 2.24) is 9.97 Å². The van der Waals surface area contributed by atoms with Gasteiger partial charge in [-0.05, 0) is 0 Å². The summed E-state index contributed by atoms with van der Waals surface area (Å²) in [5.41, 5.74) is -0.0983. The fourth-order valence-corrected chi connectivity index (χ4v) is 2.02. The number of nitrogens with one attached hydrogen (secondary N) is 1. The number of rotatable bonds is 6. The van der Waals surface area contributed by atoms with Gasteiger partial charge in [-0.3, -0.25) is 0 Å².